The standard InChI is InChI=1S/C16H24N2/c1-15(2,3)11-7-8-13-12(10-11)16(4)9-5-6-14(16)18(13)17/h7-8,10,14H,5-6,9,17H2,1-4H3. The summed E-state index contributed by atoms with van der Waals surface area (Å²) >= 11 is 0. The summed E-state index contributed by atoms with van der Waals surface area (Å²) in [6, 6.07) is 7.37. The van der Waals surface area contributed by atoms with Gasteiger partial charge in [0.2, 0.25) is 0 Å². The molecule has 0 spiro atoms. The van der Waals surface area contributed by atoms with Crippen LogP contribution in [0.5, 0.6) is 0 Å². The van der Waals surface area contributed by atoms with Crippen LogP contribution in [-0.2, 0) is 10.8 Å². The number of nitrogens with two attached hydrogens (primary N) is 1. The fourth-order valence-electron chi connectivity index (χ4n) is 3.76. The van der Waals surface area contributed by atoms with Crippen LogP contribution in [0, 0.1) is 0 Å². The zero-order valence-electron chi connectivity index (χ0n) is 12.0. The number of nitrogens with zero attached hydrogens (tertiary/aromatic N) is 1. The predicted molar refractivity (Wildman–Crippen MR) is 76.8 cm³/mol. The SMILES string of the molecule is CC(C)(C)c1ccc2c(c1)C1(C)CCCC1N2N. The summed E-state index contributed by atoms with van der Waals surface area (Å²) in [6.45, 7) is 9.22. The van der Waals surface area contributed by atoms with E-state index in [0.717, 1.165) is 0 Å². The van der Waals surface area contributed by atoms with E-state index >= 15 is 0 Å². The molecule has 0 aromatic heterocycles. The Labute approximate surface area is 110 Å². The van der Waals surface area contributed by atoms with Crippen LogP contribution < -0.4 is 10.9 Å². The normalized spacial score (nSPS) is 30.5. The highest BCUT2D eigenvalue weighted by molar-refractivity contribution is 5.65. The molecular weight excluding hydrogens is 220 g/mol. The molecule has 1 aliphatic heterocycles. The number of hydrogen-bond acceptors (Lipinski definition) is 2. The first-order chi connectivity index (χ1) is 8.34. The maximum Gasteiger partial charge on any atom is 0.0559 e. The Hall–Kier alpha value is -1.02. The van der Waals surface area contributed by atoms with Crippen LogP contribution in [0.15, 0.2) is 18.2 Å². The lowest BCUT2D eigenvalue weighted by Crippen LogP contribution is -2.43. The van der Waals surface area contributed by atoms with E-state index in [1.54, 1.807) is 0 Å². The van der Waals surface area contributed by atoms with Crippen molar-refractivity contribution >= 4 is 5.69 Å². The Morgan fingerprint density at radius 2 is 2.06 bits per heavy atom. The van der Waals surface area contributed by atoms with Gasteiger partial charge in [-0.15, -0.1) is 0 Å². The van der Waals surface area contributed by atoms with Crippen LogP contribution in [0.4, 0.5) is 5.69 Å². The maximum absolute atomic E-state index is 6.31. The Morgan fingerprint density at radius 1 is 1.33 bits per heavy atom. The van der Waals surface area contributed by atoms with Crippen molar-refractivity contribution in [3.05, 3.63) is 29.3 Å². The molecule has 98 valence electrons. The Balaban J connectivity index is 2.15. The second-order valence-electron chi connectivity index (χ2n) is 7.21. The quantitative estimate of drug-likeness (QED) is 0.708. The summed E-state index contributed by atoms with van der Waals surface area (Å²) < 4.78 is 0. The van der Waals surface area contributed by atoms with E-state index in [9.17, 15) is 0 Å². The molecule has 1 fully saturated rings. The van der Waals surface area contributed by atoms with Gasteiger partial charge in [0.1, 0.15) is 0 Å². The van der Waals surface area contributed by atoms with Crippen LogP contribution in [0.25, 0.3) is 0 Å². The van der Waals surface area contributed by atoms with Gasteiger partial charge in [0.15, 0.2) is 0 Å². The fourth-order valence-corrected chi connectivity index (χ4v) is 3.76. The van der Waals surface area contributed by atoms with Gasteiger partial charge in [0.05, 0.1) is 11.7 Å². The third-order valence-corrected chi connectivity index (χ3v) is 5.00. The van der Waals surface area contributed by atoms with Gasteiger partial charge in [0.25, 0.3) is 0 Å². The minimum atomic E-state index is 0.210. The molecule has 0 radical (unpaired) electrons. The van der Waals surface area contributed by atoms with E-state index in [0.29, 0.717) is 6.04 Å². The molecule has 2 nitrogen and oxygen atoms in total. The van der Waals surface area contributed by atoms with Crippen LogP contribution in [0.1, 0.15) is 58.1 Å². The zero-order chi connectivity index (χ0) is 13.1. The molecule has 0 bridgehead atoms. The molecule has 2 N–H and O–H groups in total. The third kappa shape index (κ3) is 1.45. The molecule has 1 aromatic carbocycles. The second-order valence-corrected chi connectivity index (χ2v) is 7.21. The number of fused-ring (bicyclic) bond motifs is 3. The lowest BCUT2D eigenvalue weighted by molar-refractivity contribution is 0.441. The highest BCUT2D eigenvalue weighted by atomic mass is 15.4. The van der Waals surface area contributed by atoms with Gasteiger partial charge < -0.3 is 5.01 Å². The molecule has 1 heterocycles. The van der Waals surface area contributed by atoms with Crippen LogP contribution >= 0.6 is 0 Å². The average molecular weight is 244 g/mol. The molecule has 1 saturated carbocycles. The molecule has 2 heteroatoms. The first-order valence-corrected chi connectivity index (χ1v) is 7.03. The minimum absolute atomic E-state index is 0.210. The Bertz CT molecular complexity index is 486. The molecule has 18 heavy (non-hydrogen) atoms. The second kappa shape index (κ2) is 3.51. The molecule has 1 aromatic rings. The smallest absolute Gasteiger partial charge is 0.0559 e. The lowest BCUT2D eigenvalue weighted by Gasteiger charge is -2.28. The van der Waals surface area contributed by atoms with E-state index < -0.39 is 0 Å². The molecular formula is C16H24N2. The van der Waals surface area contributed by atoms with Gasteiger partial charge in [-0.1, -0.05) is 46.2 Å². The first-order valence-electron chi connectivity index (χ1n) is 7.03. The van der Waals surface area contributed by atoms with Crippen molar-refractivity contribution in [2.24, 2.45) is 5.84 Å². The van der Waals surface area contributed by atoms with Crippen molar-refractivity contribution < 1.29 is 0 Å². The van der Waals surface area contributed by atoms with Crippen LogP contribution in [-0.4, -0.2) is 6.04 Å². The van der Waals surface area contributed by atoms with Crippen molar-refractivity contribution in [1.29, 1.82) is 0 Å². The van der Waals surface area contributed by atoms with Crippen LogP contribution in [0.2, 0.25) is 0 Å². The summed E-state index contributed by atoms with van der Waals surface area (Å²) in [7, 11) is 0. The topological polar surface area (TPSA) is 29.3 Å². The van der Waals surface area contributed by atoms with Gasteiger partial charge in [-0.25, -0.2) is 5.84 Å². The molecule has 2 aliphatic rings. The summed E-state index contributed by atoms with van der Waals surface area (Å²) in [6.07, 6.45) is 3.80. The third-order valence-electron chi connectivity index (χ3n) is 5.00. The largest absolute Gasteiger partial charge is 0.307 e. The van der Waals surface area contributed by atoms with E-state index in [2.05, 4.69) is 45.9 Å². The predicted octanol–water partition coefficient (Wildman–Crippen LogP) is 3.49. The van der Waals surface area contributed by atoms with Gasteiger partial charge in [-0.2, -0.15) is 0 Å². The van der Waals surface area contributed by atoms with Crippen molar-refractivity contribution in [1.82, 2.24) is 0 Å². The highest BCUT2D eigenvalue weighted by Gasteiger charge is 2.49. The Kier molecular flexibility index (Phi) is 2.34. The molecule has 0 amide bonds. The minimum Gasteiger partial charge on any atom is -0.307 e. The van der Waals surface area contributed by atoms with E-state index in [4.69, 9.17) is 5.84 Å². The molecule has 3 rings (SSSR count). The van der Waals surface area contributed by atoms with Gasteiger partial charge in [-0.05, 0) is 35.4 Å². The molecule has 0 saturated heterocycles. The average Bonchev–Trinajstić information content (AvgIpc) is 2.77. The first kappa shape index (κ1) is 12.0. The lowest BCUT2D eigenvalue weighted by atomic mass is 9.77. The maximum atomic E-state index is 6.31. The zero-order valence-corrected chi connectivity index (χ0v) is 12.0. The van der Waals surface area contributed by atoms with Crippen molar-refractivity contribution in [2.45, 2.75) is 63.8 Å². The van der Waals surface area contributed by atoms with Gasteiger partial charge in [-0.3, -0.25) is 0 Å². The number of anilines is 1. The summed E-state index contributed by atoms with van der Waals surface area (Å²) in [5.41, 5.74) is 4.62. The number of hydrazine groups is 1. The van der Waals surface area contributed by atoms with Gasteiger partial charge >= 0.3 is 0 Å². The van der Waals surface area contributed by atoms with Crippen molar-refractivity contribution in [3.63, 3.8) is 0 Å². The molecule has 2 atom stereocenters. The van der Waals surface area contributed by atoms with E-state index in [1.807, 2.05) is 5.01 Å². The van der Waals surface area contributed by atoms with E-state index in [1.165, 1.54) is 36.1 Å². The van der Waals surface area contributed by atoms with Gasteiger partial charge in [0, 0.05) is 5.41 Å². The summed E-state index contributed by atoms with van der Waals surface area (Å²) in [5, 5.41) is 2.02. The van der Waals surface area contributed by atoms with Crippen LogP contribution in [0.3, 0.4) is 0 Å². The number of hydrogen-bond donors (Lipinski definition) is 1. The van der Waals surface area contributed by atoms with Crippen molar-refractivity contribution in [2.75, 3.05) is 5.01 Å². The van der Waals surface area contributed by atoms with Crippen molar-refractivity contribution in [3.8, 4) is 0 Å². The number of rotatable bonds is 0. The summed E-state index contributed by atoms with van der Waals surface area (Å²) in [4.78, 5) is 0. The Morgan fingerprint density at radius 3 is 2.72 bits per heavy atom. The molecule has 1 aliphatic carbocycles. The number of benzene rings is 1. The van der Waals surface area contributed by atoms with E-state index in [-0.39, 0.29) is 10.8 Å². The fraction of sp³-hybridized carbons (Fsp3) is 0.625. The monoisotopic (exact) mass is 244 g/mol. The summed E-state index contributed by atoms with van der Waals surface area (Å²) in [5.74, 6) is 6.31. The highest BCUT2D eigenvalue weighted by Crippen LogP contribution is 2.52. The molecule has 2 unspecified atom stereocenters.